The first-order valence-corrected chi connectivity index (χ1v) is 10.6. The zero-order valence-corrected chi connectivity index (χ0v) is 16.9. The van der Waals surface area contributed by atoms with Crippen molar-refractivity contribution >= 4 is 0 Å². The van der Waals surface area contributed by atoms with Crippen molar-refractivity contribution in [2.45, 2.75) is 58.4 Å². The Morgan fingerprint density at radius 2 is 1.89 bits per heavy atom. The van der Waals surface area contributed by atoms with Crippen LogP contribution in [0.1, 0.15) is 56.9 Å². The number of pyridine rings is 1. The van der Waals surface area contributed by atoms with Gasteiger partial charge in [0.1, 0.15) is 12.8 Å². The third kappa shape index (κ3) is 4.56. The fraction of sp³-hybridized carbons (Fsp3) is 0.542. The SMILES string of the molecule is CC1CC2CC(C)C(NC(O)c3ccc(OCc4ccccc4)nc3)C(C1)C2. The molecule has 0 radical (unpaired) electrons. The predicted octanol–water partition coefficient (Wildman–Crippen LogP) is 4.70. The van der Waals surface area contributed by atoms with Crippen molar-refractivity contribution in [3.05, 3.63) is 59.8 Å². The van der Waals surface area contributed by atoms with Gasteiger partial charge in [0.25, 0.3) is 0 Å². The summed E-state index contributed by atoms with van der Waals surface area (Å²) >= 11 is 0. The Morgan fingerprint density at radius 1 is 1.07 bits per heavy atom. The summed E-state index contributed by atoms with van der Waals surface area (Å²) in [5, 5.41) is 14.3. The van der Waals surface area contributed by atoms with E-state index in [0.717, 1.165) is 23.0 Å². The monoisotopic (exact) mass is 380 g/mol. The summed E-state index contributed by atoms with van der Waals surface area (Å²) in [6.07, 6.45) is 6.27. The van der Waals surface area contributed by atoms with Crippen LogP contribution >= 0.6 is 0 Å². The molecule has 150 valence electrons. The number of nitrogens with zero attached hydrogens (tertiary/aromatic N) is 1. The van der Waals surface area contributed by atoms with E-state index < -0.39 is 6.23 Å². The van der Waals surface area contributed by atoms with Crippen LogP contribution in [0.5, 0.6) is 5.88 Å². The summed E-state index contributed by atoms with van der Waals surface area (Å²) in [7, 11) is 0. The maximum atomic E-state index is 10.8. The number of nitrogens with one attached hydrogen (secondary N) is 1. The molecule has 1 aromatic carbocycles. The fourth-order valence-electron chi connectivity index (χ4n) is 5.37. The average Bonchev–Trinajstić information content (AvgIpc) is 2.70. The lowest BCUT2D eigenvalue weighted by molar-refractivity contribution is 0.0266. The molecule has 2 fully saturated rings. The number of fused-ring (bicyclic) bond motifs is 2. The van der Waals surface area contributed by atoms with Gasteiger partial charge in [-0.15, -0.1) is 0 Å². The van der Waals surface area contributed by atoms with Gasteiger partial charge in [0.15, 0.2) is 0 Å². The van der Waals surface area contributed by atoms with Crippen molar-refractivity contribution in [3.63, 3.8) is 0 Å². The van der Waals surface area contributed by atoms with Crippen molar-refractivity contribution < 1.29 is 9.84 Å². The molecule has 2 aromatic rings. The van der Waals surface area contributed by atoms with Crippen LogP contribution in [0.4, 0.5) is 0 Å². The van der Waals surface area contributed by atoms with Crippen LogP contribution in [0.25, 0.3) is 0 Å². The second-order valence-corrected chi connectivity index (χ2v) is 8.95. The summed E-state index contributed by atoms with van der Waals surface area (Å²) in [6, 6.07) is 14.2. The molecule has 0 amide bonds. The molecule has 2 bridgehead atoms. The van der Waals surface area contributed by atoms with E-state index in [2.05, 4.69) is 24.1 Å². The largest absolute Gasteiger partial charge is 0.473 e. The lowest BCUT2D eigenvalue weighted by Crippen LogP contribution is -2.49. The number of ether oxygens (including phenoxy) is 1. The minimum atomic E-state index is -0.683. The van der Waals surface area contributed by atoms with Gasteiger partial charge < -0.3 is 9.84 Å². The molecule has 4 nitrogen and oxygen atoms in total. The Kier molecular flexibility index (Phi) is 5.98. The van der Waals surface area contributed by atoms with Crippen LogP contribution in [-0.2, 0) is 6.61 Å². The van der Waals surface area contributed by atoms with Crippen molar-refractivity contribution in [2.24, 2.45) is 23.7 Å². The third-order valence-corrected chi connectivity index (χ3v) is 6.56. The van der Waals surface area contributed by atoms with Gasteiger partial charge in [-0.1, -0.05) is 44.2 Å². The Bertz CT molecular complexity index is 745. The average molecular weight is 381 g/mol. The van der Waals surface area contributed by atoms with Gasteiger partial charge in [-0.05, 0) is 61.0 Å². The molecule has 28 heavy (non-hydrogen) atoms. The van der Waals surface area contributed by atoms with Gasteiger partial charge in [-0.3, -0.25) is 5.32 Å². The van der Waals surface area contributed by atoms with E-state index in [1.54, 1.807) is 6.20 Å². The number of aliphatic hydroxyl groups excluding tert-OH is 1. The van der Waals surface area contributed by atoms with E-state index in [1.165, 1.54) is 25.7 Å². The second kappa shape index (κ2) is 8.62. The summed E-state index contributed by atoms with van der Waals surface area (Å²) in [5.41, 5.74) is 1.91. The Balaban J connectivity index is 1.35. The molecule has 1 heterocycles. The van der Waals surface area contributed by atoms with Crippen molar-refractivity contribution in [1.29, 1.82) is 0 Å². The fourth-order valence-corrected chi connectivity index (χ4v) is 5.37. The molecule has 1 aromatic heterocycles. The normalized spacial score (nSPS) is 30.6. The van der Waals surface area contributed by atoms with Crippen molar-refractivity contribution in [3.8, 4) is 5.88 Å². The topological polar surface area (TPSA) is 54.4 Å². The molecule has 6 atom stereocenters. The van der Waals surface area contributed by atoms with Crippen LogP contribution in [0.3, 0.4) is 0 Å². The van der Waals surface area contributed by atoms with Gasteiger partial charge in [-0.25, -0.2) is 4.98 Å². The molecule has 0 spiro atoms. The highest BCUT2D eigenvalue weighted by Gasteiger charge is 2.40. The van der Waals surface area contributed by atoms with Crippen molar-refractivity contribution in [1.82, 2.24) is 10.3 Å². The van der Waals surface area contributed by atoms with Gasteiger partial charge in [-0.2, -0.15) is 0 Å². The van der Waals surface area contributed by atoms with E-state index in [4.69, 9.17) is 4.74 Å². The van der Waals surface area contributed by atoms with E-state index in [-0.39, 0.29) is 0 Å². The zero-order chi connectivity index (χ0) is 19.5. The highest BCUT2D eigenvalue weighted by atomic mass is 16.5. The molecule has 6 unspecified atom stereocenters. The molecule has 2 aliphatic carbocycles. The van der Waals surface area contributed by atoms with Gasteiger partial charge in [0.05, 0.1) is 0 Å². The molecular weight excluding hydrogens is 348 g/mol. The quantitative estimate of drug-likeness (QED) is 0.713. The van der Waals surface area contributed by atoms with Gasteiger partial charge in [0.2, 0.25) is 5.88 Å². The number of hydrogen-bond acceptors (Lipinski definition) is 4. The minimum Gasteiger partial charge on any atom is -0.473 e. The highest BCUT2D eigenvalue weighted by Crippen LogP contribution is 2.45. The lowest BCUT2D eigenvalue weighted by atomic mass is 9.63. The summed E-state index contributed by atoms with van der Waals surface area (Å²) in [6.45, 7) is 5.20. The van der Waals surface area contributed by atoms with E-state index in [9.17, 15) is 5.11 Å². The summed E-state index contributed by atoms with van der Waals surface area (Å²) < 4.78 is 5.75. The predicted molar refractivity (Wildman–Crippen MR) is 111 cm³/mol. The Hall–Kier alpha value is -1.91. The number of rotatable bonds is 6. The van der Waals surface area contributed by atoms with Crippen molar-refractivity contribution in [2.75, 3.05) is 0 Å². The molecule has 2 aliphatic rings. The van der Waals surface area contributed by atoms with Crippen LogP contribution in [0, 0.1) is 23.7 Å². The lowest BCUT2D eigenvalue weighted by Gasteiger charge is -2.47. The Morgan fingerprint density at radius 3 is 2.64 bits per heavy atom. The maximum absolute atomic E-state index is 10.8. The Labute approximate surface area is 168 Å². The maximum Gasteiger partial charge on any atom is 0.213 e. The molecule has 0 aliphatic heterocycles. The number of benzene rings is 1. The molecular formula is C24H32N2O2. The smallest absolute Gasteiger partial charge is 0.213 e. The van der Waals surface area contributed by atoms with Gasteiger partial charge in [0, 0.05) is 23.9 Å². The van der Waals surface area contributed by atoms with Gasteiger partial charge >= 0.3 is 0 Å². The minimum absolute atomic E-state index is 0.378. The van der Waals surface area contributed by atoms with E-state index >= 15 is 0 Å². The first kappa shape index (κ1) is 19.4. The second-order valence-electron chi connectivity index (χ2n) is 8.95. The van der Waals surface area contributed by atoms with Crippen LogP contribution in [-0.4, -0.2) is 16.1 Å². The number of aromatic nitrogens is 1. The van der Waals surface area contributed by atoms with Crippen LogP contribution in [0.2, 0.25) is 0 Å². The molecule has 0 saturated heterocycles. The number of aliphatic hydroxyl groups is 1. The first-order valence-electron chi connectivity index (χ1n) is 10.6. The zero-order valence-electron chi connectivity index (χ0n) is 16.9. The van der Waals surface area contributed by atoms with E-state index in [0.29, 0.717) is 30.4 Å². The molecule has 2 N–H and O–H groups in total. The first-order chi connectivity index (χ1) is 13.6. The van der Waals surface area contributed by atoms with Crippen LogP contribution < -0.4 is 10.1 Å². The highest BCUT2D eigenvalue weighted by molar-refractivity contribution is 5.21. The molecule has 4 heteroatoms. The summed E-state index contributed by atoms with van der Waals surface area (Å²) in [5.74, 6) is 3.54. The molecule has 4 rings (SSSR count). The standard InChI is InChI=1S/C24H32N2O2/c1-16-10-19-12-17(2)23(21(11-16)13-19)26-24(27)20-8-9-22(25-14-20)28-15-18-6-4-3-5-7-18/h3-9,14,16-17,19,21,23-24,26-27H,10-13,15H2,1-2H3. The summed E-state index contributed by atoms with van der Waals surface area (Å²) in [4.78, 5) is 4.38. The van der Waals surface area contributed by atoms with Crippen LogP contribution in [0.15, 0.2) is 48.7 Å². The number of hydrogen-bond donors (Lipinski definition) is 2. The third-order valence-electron chi connectivity index (χ3n) is 6.56. The van der Waals surface area contributed by atoms with E-state index in [1.807, 2.05) is 42.5 Å². The molecule has 2 saturated carbocycles.